The van der Waals surface area contributed by atoms with Crippen molar-refractivity contribution in [3.8, 4) is 0 Å². The molecule has 0 amide bonds. The van der Waals surface area contributed by atoms with Gasteiger partial charge in [0.2, 0.25) is 0 Å². The van der Waals surface area contributed by atoms with Crippen molar-refractivity contribution >= 4 is 48.0 Å². The van der Waals surface area contributed by atoms with Crippen molar-refractivity contribution in [1.82, 2.24) is 0 Å². The molecule has 0 aromatic carbocycles. The van der Waals surface area contributed by atoms with Crippen LogP contribution < -0.4 is 29.4 Å². The zero-order valence-electron chi connectivity index (χ0n) is 50.1. The third-order valence-corrected chi connectivity index (χ3v) is 19.0. The third-order valence-electron chi connectivity index (χ3n) is 11.1. The average molecular weight is 1300 g/mol. The molecule has 2 radical (unpaired) electrons. The topological polar surface area (TPSA) is 333 Å². The summed E-state index contributed by atoms with van der Waals surface area (Å²) in [5, 5.41) is 0. The Morgan fingerprint density at radius 3 is 0.658 bits per heavy atom. The standard InChI is InChI=1S/3C16H36O7P2.C3H7.Ti/c3*1-3-5-7-9-11-13-15-21-25(20,23-24(17,18)19)22-16-14-12-10-8-6-4-2;1-3-2;/h3*3-16H2,1-2H3,(H2,17,18,19);3H,1-2H3;/q;;;;+3/p-3. The summed E-state index contributed by atoms with van der Waals surface area (Å²) in [6.07, 6.45) is 38.2. The summed E-state index contributed by atoms with van der Waals surface area (Å²) in [4.78, 5) is 96.0. The van der Waals surface area contributed by atoms with Crippen LogP contribution in [0.1, 0.15) is 287 Å². The van der Waals surface area contributed by atoms with E-state index in [2.05, 4.69) is 54.5 Å². The summed E-state index contributed by atoms with van der Waals surface area (Å²) < 4.78 is 75.4. The minimum absolute atomic E-state index is 0. The van der Waals surface area contributed by atoms with Crippen molar-refractivity contribution < 1.29 is 120 Å². The molecule has 0 spiro atoms. The maximum atomic E-state index is 12.3. The first-order chi connectivity index (χ1) is 36.9. The first-order valence-electron chi connectivity index (χ1n) is 29.6. The van der Waals surface area contributed by atoms with Crippen LogP contribution in [0.2, 0.25) is 0 Å². The second-order valence-corrected chi connectivity index (χ2v) is 28.2. The molecule has 0 saturated carbocycles. The van der Waals surface area contributed by atoms with Gasteiger partial charge in [0.15, 0.2) is 0 Å². The van der Waals surface area contributed by atoms with E-state index in [4.69, 9.17) is 41.8 Å². The summed E-state index contributed by atoms with van der Waals surface area (Å²) in [6, 6.07) is 0. The van der Waals surface area contributed by atoms with Crippen LogP contribution in [0, 0.1) is 6.42 Å². The Morgan fingerprint density at radius 2 is 0.494 bits per heavy atom. The predicted molar refractivity (Wildman–Crippen MR) is 305 cm³/mol. The molecule has 79 heavy (non-hydrogen) atoms. The largest absolute Gasteiger partial charge is 3.00 e. The zero-order valence-corrected chi connectivity index (χ0v) is 57.1. The van der Waals surface area contributed by atoms with E-state index >= 15 is 0 Å². The van der Waals surface area contributed by atoms with E-state index in [0.29, 0.717) is 38.5 Å². The first-order valence-corrected chi connectivity index (χ1v) is 38.4. The van der Waals surface area contributed by atoms with Crippen LogP contribution in [0.25, 0.3) is 0 Å². The van der Waals surface area contributed by atoms with Crippen LogP contribution in [0.15, 0.2) is 0 Å². The van der Waals surface area contributed by atoms with Gasteiger partial charge in [-0.15, -0.1) is 4.31 Å². The Morgan fingerprint density at radius 1 is 0.329 bits per heavy atom. The molecule has 0 fully saturated rings. The van der Waals surface area contributed by atoms with E-state index in [-0.39, 0.29) is 61.4 Å². The second-order valence-electron chi connectivity index (χ2n) is 19.2. The predicted octanol–water partition coefficient (Wildman–Crippen LogP) is 14.0. The third kappa shape index (κ3) is 76.0. The van der Waals surface area contributed by atoms with E-state index in [1.54, 1.807) is 0 Å². The summed E-state index contributed by atoms with van der Waals surface area (Å²) in [6.45, 7) is 17.2. The Balaban J connectivity index is -0.000000335. The zero-order chi connectivity index (χ0) is 59.8. The summed E-state index contributed by atoms with van der Waals surface area (Å²) in [7, 11) is -28.4. The minimum atomic E-state index is -5.44. The van der Waals surface area contributed by atoms with Crippen molar-refractivity contribution in [2.45, 2.75) is 287 Å². The fourth-order valence-corrected chi connectivity index (χ4v) is 13.5. The summed E-state index contributed by atoms with van der Waals surface area (Å²) in [5.41, 5.74) is 0. The smallest absolute Gasteiger partial charge is 0.787 e. The van der Waals surface area contributed by atoms with Crippen LogP contribution in [0.5, 0.6) is 0 Å². The van der Waals surface area contributed by atoms with E-state index in [1.807, 2.05) is 20.3 Å². The average Bonchev–Trinajstić information content (AvgIpc) is 3.34. The van der Waals surface area contributed by atoms with Crippen LogP contribution >= 0.6 is 48.0 Å². The molecule has 3 N–H and O–H groups in total. The van der Waals surface area contributed by atoms with Gasteiger partial charge in [0.1, 0.15) is 7.82 Å². The van der Waals surface area contributed by atoms with Gasteiger partial charge in [-0.1, -0.05) is 252 Å². The molecule has 0 rings (SSSR count). The molecule has 0 aromatic heterocycles. The second kappa shape index (κ2) is 61.6. The van der Waals surface area contributed by atoms with Gasteiger partial charge in [-0.2, -0.15) is 31.5 Å². The summed E-state index contributed by atoms with van der Waals surface area (Å²) in [5.74, 6) is 0. The minimum Gasteiger partial charge on any atom is -0.787 e. The van der Waals surface area contributed by atoms with Gasteiger partial charge in [0, 0.05) is 0 Å². The number of phosphoric acid groups is 6. The van der Waals surface area contributed by atoms with E-state index in [9.17, 15) is 43.1 Å². The number of hydrogen-bond acceptors (Lipinski definition) is 18. The van der Waals surface area contributed by atoms with E-state index < -0.39 is 48.0 Å². The van der Waals surface area contributed by atoms with Gasteiger partial charge in [-0.3, -0.25) is 4.57 Å². The molecule has 0 aromatic rings. The normalized spacial score (nSPS) is 12.9. The van der Waals surface area contributed by atoms with Crippen molar-refractivity contribution in [2.24, 2.45) is 0 Å². The Labute approximate surface area is 497 Å². The summed E-state index contributed by atoms with van der Waals surface area (Å²) >= 11 is 0. The van der Waals surface area contributed by atoms with Gasteiger partial charge >= 0.3 is 61.9 Å². The molecule has 476 valence electrons. The molecule has 0 heterocycles. The van der Waals surface area contributed by atoms with Crippen LogP contribution in [-0.4, -0.2) is 54.3 Å². The molecule has 28 heteroatoms. The Hall–Kier alpha value is 1.97. The molecule has 0 aliphatic heterocycles. The fourth-order valence-electron chi connectivity index (χ4n) is 6.98. The maximum Gasteiger partial charge on any atom is 3.00 e. The Kier molecular flexibility index (Phi) is 70.0. The molecular formula is C51H112O21P6Ti. The van der Waals surface area contributed by atoms with Crippen molar-refractivity contribution in [3.63, 3.8) is 0 Å². The van der Waals surface area contributed by atoms with Crippen LogP contribution in [0.3, 0.4) is 0 Å². The Bertz CT molecular complexity index is 1180. The number of hydrogen-bond donors (Lipinski definition) is 3. The van der Waals surface area contributed by atoms with Crippen molar-refractivity contribution in [1.29, 1.82) is 0 Å². The molecule has 0 saturated heterocycles. The number of rotatable bonds is 54. The van der Waals surface area contributed by atoms with Crippen molar-refractivity contribution in [3.05, 3.63) is 6.42 Å². The fraction of sp³-hybridized carbons (Fsp3) is 0.980. The van der Waals surface area contributed by atoms with Gasteiger partial charge in [0.05, 0.1) is 39.6 Å². The SMILES string of the molecule is CCCCCCCCO[P+]([O-])(OCCCCCCCC)OP(=O)(O)O.CCCCCCCCO[P+]([O-])(OCCCCCCCC)OP(=O)([O-])O.CCCCCCCCO[P+]([O-])(OCCCCCCCC)OP(=O)([O-])[O-].C[CH]C.[Ti+3]. The monoisotopic (exact) mass is 1290 g/mol. The molecule has 21 nitrogen and oxygen atoms in total. The van der Waals surface area contributed by atoms with Gasteiger partial charge in [-0.05, 0) is 44.9 Å². The molecule has 1 unspecified atom stereocenters. The van der Waals surface area contributed by atoms with E-state index in [1.165, 1.54) is 38.5 Å². The quantitative estimate of drug-likeness (QED) is 0.0289. The van der Waals surface area contributed by atoms with Gasteiger partial charge in [-0.25, -0.2) is 4.57 Å². The van der Waals surface area contributed by atoms with Gasteiger partial charge < -0.3 is 48.6 Å². The van der Waals surface area contributed by atoms with E-state index in [0.717, 1.165) is 154 Å². The molecular weight excluding hydrogens is 1180 g/mol. The number of phosphoric ester groups is 3. The van der Waals surface area contributed by atoms with Crippen LogP contribution in [-0.2, 0) is 75.5 Å². The molecule has 0 aliphatic carbocycles. The van der Waals surface area contributed by atoms with Crippen LogP contribution in [0.4, 0.5) is 0 Å². The van der Waals surface area contributed by atoms with Gasteiger partial charge in [0.25, 0.3) is 0 Å². The number of unbranched alkanes of at least 4 members (excludes halogenated alkanes) is 30. The first kappa shape index (κ1) is 89.7. The maximum absolute atomic E-state index is 12.3. The van der Waals surface area contributed by atoms with Crippen molar-refractivity contribution in [2.75, 3.05) is 39.6 Å². The molecule has 0 aliphatic rings. The molecule has 1 atom stereocenters. The molecule has 0 bridgehead atoms.